The zero-order chi connectivity index (χ0) is 20.0. The number of hydrogen-bond donors (Lipinski definition) is 0. The van der Waals surface area contributed by atoms with Crippen molar-refractivity contribution < 1.29 is 18.0 Å². The molecule has 1 unspecified atom stereocenters. The molecular weight excluding hydrogens is 355 g/mol. The normalized spacial score (nSPS) is 19.9. The highest BCUT2D eigenvalue weighted by molar-refractivity contribution is 5.81. The Balaban J connectivity index is 2.00. The molecule has 1 amide bonds. The van der Waals surface area contributed by atoms with Gasteiger partial charge in [0.15, 0.2) is 0 Å². The number of aliphatic imine (C=N–C) groups is 1. The van der Waals surface area contributed by atoms with E-state index >= 15 is 0 Å². The van der Waals surface area contributed by atoms with E-state index in [2.05, 4.69) is 18.8 Å². The summed E-state index contributed by atoms with van der Waals surface area (Å²) in [4.78, 5) is 20.5. The fraction of sp³-hybridized carbons (Fsp3) is 0.700. The molecule has 2 aliphatic heterocycles. The zero-order valence-electron chi connectivity index (χ0n) is 16.5. The van der Waals surface area contributed by atoms with Gasteiger partial charge in [0, 0.05) is 38.8 Å². The SMILES string of the molecule is CCCC(C)CC(=O)N1CCN(C2=C(CC)CC=C(C(F)(F)F)C=N2)CC1. The molecule has 1 saturated heterocycles. The van der Waals surface area contributed by atoms with Crippen LogP contribution in [-0.2, 0) is 4.79 Å². The average Bonchev–Trinajstić information content (AvgIpc) is 2.84. The number of piperazine rings is 1. The van der Waals surface area contributed by atoms with Crippen LogP contribution in [-0.4, -0.2) is 54.3 Å². The Bertz CT molecular complexity index is 614. The molecule has 0 saturated carbocycles. The molecule has 152 valence electrons. The lowest BCUT2D eigenvalue weighted by molar-refractivity contribution is -0.133. The van der Waals surface area contributed by atoms with Crippen molar-refractivity contribution in [2.45, 2.75) is 59.1 Å². The van der Waals surface area contributed by atoms with Gasteiger partial charge in [0.1, 0.15) is 5.82 Å². The molecule has 2 heterocycles. The first kappa shape index (κ1) is 21.5. The minimum atomic E-state index is -4.38. The minimum absolute atomic E-state index is 0.172. The molecule has 0 aromatic carbocycles. The first-order valence-electron chi connectivity index (χ1n) is 9.82. The Labute approximate surface area is 159 Å². The van der Waals surface area contributed by atoms with E-state index in [9.17, 15) is 18.0 Å². The maximum atomic E-state index is 13.0. The summed E-state index contributed by atoms with van der Waals surface area (Å²) in [5.41, 5.74) is 0.212. The molecule has 0 aromatic heterocycles. The summed E-state index contributed by atoms with van der Waals surface area (Å²) in [6.45, 7) is 8.54. The van der Waals surface area contributed by atoms with Crippen LogP contribution in [0.1, 0.15) is 52.9 Å². The van der Waals surface area contributed by atoms with E-state index in [0.717, 1.165) is 24.6 Å². The predicted molar refractivity (Wildman–Crippen MR) is 101 cm³/mol. The smallest absolute Gasteiger partial charge is 0.353 e. The van der Waals surface area contributed by atoms with Crippen molar-refractivity contribution in [3.63, 3.8) is 0 Å². The van der Waals surface area contributed by atoms with Gasteiger partial charge in [-0.15, -0.1) is 0 Å². The topological polar surface area (TPSA) is 35.9 Å². The Kier molecular flexibility index (Phi) is 7.50. The highest BCUT2D eigenvalue weighted by Gasteiger charge is 2.33. The van der Waals surface area contributed by atoms with Crippen molar-refractivity contribution in [3.8, 4) is 0 Å². The van der Waals surface area contributed by atoms with Crippen LogP contribution in [0.3, 0.4) is 0 Å². The number of carbonyl (C=O) groups is 1. The lowest BCUT2D eigenvalue weighted by Gasteiger charge is -2.37. The van der Waals surface area contributed by atoms with Crippen molar-refractivity contribution in [2.75, 3.05) is 26.2 Å². The summed E-state index contributed by atoms with van der Waals surface area (Å²) in [7, 11) is 0. The maximum Gasteiger partial charge on any atom is 0.417 e. The van der Waals surface area contributed by atoms with E-state index in [0.29, 0.717) is 50.8 Å². The third-order valence-electron chi connectivity index (χ3n) is 5.20. The van der Waals surface area contributed by atoms with Crippen molar-refractivity contribution >= 4 is 12.1 Å². The maximum absolute atomic E-state index is 13.0. The summed E-state index contributed by atoms with van der Waals surface area (Å²) in [6, 6.07) is 0. The summed E-state index contributed by atoms with van der Waals surface area (Å²) < 4.78 is 39.0. The average molecular weight is 385 g/mol. The second kappa shape index (κ2) is 9.42. The van der Waals surface area contributed by atoms with Crippen LogP contribution in [0.2, 0.25) is 0 Å². The third kappa shape index (κ3) is 5.84. The van der Waals surface area contributed by atoms with Crippen molar-refractivity contribution in [3.05, 3.63) is 23.0 Å². The Morgan fingerprint density at radius 1 is 1.22 bits per heavy atom. The molecule has 2 rings (SSSR count). The summed E-state index contributed by atoms with van der Waals surface area (Å²) >= 11 is 0. The molecule has 2 aliphatic rings. The van der Waals surface area contributed by atoms with Gasteiger partial charge < -0.3 is 9.80 Å². The van der Waals surface area contributed by atoms with Gasteiger partial charge in [-0.05, 0) is 24.3 Å². The van der Waals surface area contributed by atoms with Crippen molar-refractivity contribution in [1.82, 2.24) is 9.80 Å². The molecule has 0 spiro atoms. The molecule has 4 nitrogen and oxygen atoms in total. The number of nitrogens with zero attached hydrogens (tertiary/aromatic N) is 3. The molecule has 0 aromatic rings. The number of allylic oxidation sites excluding steroid dienone is 3. The lowest BCUT2D eigenvalue weighted by Crippen LogP contribution is -2.48. The van der Waals surface area contributed by atoms with E-state index in [-0.39, 0.29) is 12.3 Å². The highest BCUT2D eigenvalue weighted by atomic mass is 19.4. The Morgan fingerprint density at radius 2 is 1.89 bits per heavy atom. The summed E-state index contributed by atoms with van der Waals surface area (Å²) in [6.07, 6.45) is 1.36. The fourth-order valence-electron chi connectivity index (χ4n) is 3.59. The number of hydrogen-bond acceptors (Lipinski definition) is 3. The highest BCUT2D eigenvalue weighted by Crippen LogP contribution is 2.30. The van der Waals surface area contributed by atoms with Crippen molar-refractivity contribution in [1.29, 1.82) is 0 Å². The summed E-state index contributed by atoms with van der Waals surface area (Å²) in [5.74, 6) is 1.19. The van der Waals surface area contributed by atoms with E-state index in [1.807, 2.05) is 16.7 Å². The lowest BCUT2D eigenvalue weighted by atomic mass is 10.0. The predicted octanol–water partition coefficient (Wildman–Crippen LogP) is 4.54. The van der Waals surface area contributed by atoms with Crippen LogP contribution < -0.4 is 0 Å². The van der Waals surface area contributed by atoms with E-state index in [4.69, 9.17) is 0 Å². The molecule has 0 bridgehead atoms. The molecule has 0 radical (unpaired) electrons. The molecule has 1 fully saturated rings. The second-order valence-corrected chi connectivity index (χ2v) is 7.37. The van der Waals surface area contributed by atoms with Gasteiger partial charge in [-0.25, -0.2) is 4.99 Å². The number of alkyl halides is 3. The monoisotopic (exact) mass is 385 g/mol. The van der Waals surface area contributed by atoms with Crippen LogP contribution in [0.25, 0.3) is 0 Å². The first-order valence-corrected chi connectivity index (χ1v) is 9.82. The van der Waals surface area contributed by atoms with Crippen LogP contribution >= 0.6 is 0 Å². The minimum Gasteiger partial charge on any atom is -0.353 e. The third-order valence-corrected chi connectivity index (χ3v) is 5.20. The van der Waals surface area contributed by atoms with Gasteiger partial charge in [0.2, 0.25) is 5.91 Å². The number of halogens is 3. The first-order chi connectivity index (χ1) is 12.8. The number of amides is 1. The van der Waals surface area contributed by atoms with E-state index in [1.165, 1.54) is 6.08 Å². The van der Waals surface area contributed by atoms with Crippen LogP contribution in [0.15, 0.2) is 28.0 Å². The molecule has 7 heteroatoms. The fourth-order valence-corrected chi connectivity index (χ4v) is 3.59. The number of carbonyl (C=O) groups excluding carboxylic acids is 1. The molecule has 0 aliphatic carbocycles. The Hall–Kier alpha value is -1.79. The van der Waals surface area contributed by atoms with Gasteiger partial charge in [-0.1, -0.05) is 39.7 Å². The van der Waals surface area contributed by atoms with Gasteiger partial charge in [-0.2, -0.15) is 13.2 Å². The standard InChI is InChI=1S/C20H30F3N3O/c1-4-6-15(3)13-18(27)25-9-11-26(12-10-25)19-16(5-2)7-8-17(14-24-19)20(21,22)23/h8,14-15H,4-7,9-13H2,1-3H3. The van der Waals surface area contributed by atoms with Gasteiger partial charge in [0.05, 0.1) is 5.57 Å². The molecule has 1 atom stereocenters. The zero-order valence-corrected chi connectivity index (χ0v) is 16.5. The molecule has 27 heavy (non-hydrogen) atoms. The second-order valence-electron chi connectivity index (χ2n) is 7.37. The van der Waals surface area contributed by atoms with Crippen molar-refractivity contribution in [2.24, 2.45) is 10.9 Å². The quantitative estimate of drug-likeness (QED) is 0.673. The van der Waals surface area contributed by atoms with Gasteiger partial charge in [-0.3, -0.25) is 4.79 Å². The van der Waals surface area contributed by atoms with Crippen LogP contribution in [0.5, 0.6) is 0 Å². The molecular formula is C20H30F3N3O. The van der Waals surface area contributed by atoms with E-state index < -0.39 is 11.7 Å². The molecule has 0 N–H and O–H groups in total. The van der Waals surface area contributed by atoms with Crippen LogP contribution in [0.4, 0.5) is 13.2 Å². The number of rotatable bonds is 6. The van der Waals surface area contributed by atoms with E-state index in [1.54, 1.807) is 0 Å². The largest absolute Gasteiger partial charge is 0.417 e. The summed E-state index contributed by atoms with van der Waals surface area (Å²) in [5, 5.41) is 0. The van der Waals surface area contributed by atoms with Gasteiger partial charge in [0.25, 0.3) is 0 Å². The van der Waals surface area contributed by atoms with Gasteiger partial charge >= 0.3 is 6.18 Å². The van der Waals surface area contributed by atoms with Crippen LogP contribution in [0, 0.1) is 5.92 Å². The Morgan fingerprint density at radius 3 is 2.44 bits per heavy atom.